The van der Waals surface area contributed by atoms with Gasteiger partial charge in [0.15, 0.2) is 0 Å². The third-order valence-electron chi connectivity index (χ3n) is 6.23. The number of ether oxygens (including phenoxy) is 3. The summed E-state index contributed by atoms with van der Waals surface area (Å²) < 4.78 is 16.5. The monoisotopic (exact) mass is 478 g/mol. The van der Waals surface area contributed by atoms with Crippen molar-refractivity contribution in [2.24, 2.45) is 0 Å². The Morgan fingerprint density at radius 2 is 1.83 bits per heavy atom. The van der Waals surface area contributed by atoms with E-state index in [9.17, 15) is 14.7 Å². The highest BCUT2D eigenvalue weighted by Crippen LogP contribution is 2.42. The zero-order valence-corrected chi connectivity index (χ0v) is 19.8. The first-order chi connectivity index (χ1) is 17.0. The maximum Gasteiger partial charge on any atom is 0.295 e. The Kier molecular flexibility index (Phi) is 7.84. The minimum atomic E-state index is -0.774. The van der Waals surface area contributed by atoms with Gasteiger partial charge in [0.05, 0.1) is 31.9 Å². The number of aliphatic hydroxyl groups excluding tert-OH is 1. The van der Waals surface area contributed by atoms with Gasteiger partial charge in [0.2, 0.25) is 0 Å². The molecule has 0 spiro atoms. The zero-order chi connectivity index (χ0) is 24.8. The molecular formula is C27H30N2O6. The third kappa shape index (κ3) is 5.23. The van der Waals surface area contributed by atoms with Gasteiger partial charge in [-0.1, -0.05) is 30.9 Å². The lowest BCUT2D eigenvalue weighted by Gasteiger charge is -2.31. The Labute approximate surface area is 205 Å². The highest BCUT2D eigenvalue weighted by Gasteiger charge is 2.47. The van der Waals surface area contributed by atoms with Crippen LogP contribution >= 0.6 is 0 Å². The van der Waals surface area contributed by atoms with Crippen molar-refractivity contribution in [2.75, 3.05) is 53.1 Å². The Hall–Kier alpha value is -3.62. The van der Waals surface area contributed by atoms with Crippen LogP contribution in [0.1, 0.15) is 17.2 Å². The van der Waals surface area contributed by atoms with Gasteiger partial charge in [-0.3, -0.25) is 14.5 Å². The predicted octanol–water partition coefficient (Wildman–Crippen LogP) is 3.01. The summed E-state index contributed by atoms with van der Waals surface area (Å²) in [4.78, 5) is 30.2. The number of carbonyl (C=O) groups is 2. The number of para-hydroxylation sites is 1. The summed E-state index contributed by atoms with van der Waals surface area (Å²) in [5.74, 6) is -0.444. The van der Waals surface area contributed by atoms with Gasteiger partial charge >= 0.3 is 0 Å². The topological polar surface area (TPSA) is 88.5 Å². The molecule has 2 aliphatic rings. The molecule has 1 amide bonds. The predicted molar refractivity (Wildman–Crippen MR) is 131 cm³/mol. The second-order valence-corrected chi connectivity index (χ2v) is 8.31. The molecule has 0 unspecified atom stereocenters. The molecule has 4 rings (SSSR count). The summed E-state index contributed by atoms with van der Waals surface area (Å²) >= 11 is 0. The number of hydrogen-bond acceptors (Lipinski definition) is 7. The molecule has 0 saturated carbocycles. The second kappa shape index (κ2) is 11.2. The first kappa shape index (κ1) is 24.5. The van der Waals surface area contributed by atoms with Gasteiger partial charge in [-0.05, 0) is 30.3 Å². The van der Waals surface area contributed by atoms with Crippen LogP contribution in [0, 0.1) is 0 Å². The highest BCUT2D eigenvalue weighted by molar-refractivity contribution is 6.46. The van der Waals surface area contributed by atoms with E-state index in [1.807, 2.05) is 18.2 Å². The molecule has 2 aromatic rings. The standard InChI is InChI=1S/C27H30N2O6/c1-3-16-35-20-10-8-19(9-11-20)25(30)23-24(21-6-4-5-7-22(21)33-2)29(27(32)26(23)31)13-12-28-14-17-34-18-15-28/h3-11,24,30H,1,12-18H2,2H3/t24-/m0/s1. The maximum absolute atomic E-state index is 13.3. The Bertz CT molecular complexity index is 1100. The van der Waals surface area contributed by atoms with Crippen LogP contribution in [0.15, 0.2) is 66.8 Å². The molecule has 2 aromatic carbocycles. The molecule has 0 radical (unpaired) electrons. The van der Waals surface area contributed by atoms with E-state index < -0.39 is 17.7 Å². The van der Waals surface area contributed by atoms with Crippen LogP contribution in [0.2, 0.25) is 0 Å². The Balaban J connectivity index is 1.72. The third-order valence-corrected chi connectivity index (χ3v) is 6.23. The molecule has 1 N–H and O–H groups in total. The minimum Gasteiger partial charge on any atom is -0.507 e. The number of carbonyl (C=O) groups excluding carboxylic acids is 2. The molecule has 184 valence electrons. The van der Waals surface area contributed by atoms with Crippen molar-refractivity contribution in [3.05, 3.63) is 77.9 Å². The Morgan fingerprint density at radius 3 is 2.51 bits per heavy atom. The van der Waals surface area contributed by atoms with Gasteiger partial charge in [-0.25, -0.2) is 0 Å². The number of ketones is 1. The number of aliphatic hydroxyl groups is 1. The van der Waals surface area contributed by atoms with E-state index in [0.29, 0.717) is 55.5 Å². The summed E-state index contributed by atoms with van der Waals surface area (Å²) in [5, 5.41) is 11.3. The average molecular weight is 479 g/mol. The zero-order valence-electron chi connectivity index (χ0n) is 19.8. The van der Waals surface area contributed by atoms with Crippen LogP contribution < -0.4 is 9.47 Å². The number of rotatable bonds is 9. The number of morpholine rings is 1. The van der Waals surface area contributed by atoms with Crippen LogP contribution in [0.4, 0.5) is 0 Å². The molecule has 2 saturated heterocycles. The van der Waals surface area contributed by atoms with Crippen LogP contribution in [0.3, 0.4) is 0 Å². The molecule has 0 aliphatic carbocycles. The van der Waals surface area contributed by atoms with Crippen molar-refractivity contribution < 1.29 is 28.9 Å². The number of nitrogens with zero attached hydrogens (tertiary/aromatic N) is 2. The number of methoxy groups -OCH3 is 1. The van der Waals surface area contributed by atoms with Gasteiger partial charge in [-0.15, -0.1) is 0 Å². The van der Waals surface area contributed by atoms with Crippen molar-refractivity contribution in [3.63, 3.8) is 0 Å². The largest absolute Gasteiger partial charge is 0.507 e. The summed E-state index contributed by atoms with van der Waals surface area (Å²) in [6, 6.07) is 13.2. The number of Topliss-reactive ketones (excluding diaryl/α,β-unsaturated/α-hetero) is 1. The molecule has 0 bridgehead atoms. The number of benzene rings is 2. The summed E-state index contributed by atoms with van der Waals surface area (Å²) in [7, 11) is 1.54. The van der Waals surface area contributed by atoms with Crippen molar-refractivity contribution in [3.8, 4) is 11.5 Å². The number of amides is 1. The fourth-order valence-electron chi connectivity index (χ4n) is 4.42. The summed E-state index contributed by atoms with van der Waals surface area (Å²) in [6.07, 6.45) is 1.64. The molecule has 35 heavy (non-hydrogen) atoms. The molecule has 8 nitrogen and oxygen atoms in total. The first-order valence-electron chi connectivity index (χ1n) is 11.6. The summed E-state index contributed by atoms with van der Waals surface area (Å²) in [6.45, 7) is 7.72. The quantitative estimate of drug-likeness (QED) is 0.257. The van der Waals surface area contributed by atoms with E-state index >= 15 is 0 Å². The first-order valence-corrected chi connectivity index (χ1v) is 11.6. The molecule has 0 aromatic heterocycles. The number of hydrogen-bond donors (Lipinski definition) is 1. The molecule has 1 atom stereocenters. The Morgan fingerprint density at radius 1 is 1.11 bits per heavy atom. The fourth-order valence-corrected chi connectivity index (χ4v) is 4.42. The van der Waals surface area contributed by atoms with E-state index in [-0.39, 0.29) is 11.3 Å². The van der Waals surface area contributed by atoms with Gasteiger partial charge in [0.1, 0.15) is 23.9 Å². The van der Waals surface area contributed by atoms with E-state index in [2.05, 4.69) is 11.5 Å². The van der Waals surface area contributed by atoms with Crippen molar-refractivity contribution >= 4 is 17.4 Å². The fraction of sp³-hybridized carbons (Fsp3) is 0.333. The van der Waals surface area contributed by atoms with Crippen molar-refractivity contribution in [1.29, 1.82) is 0 Å². The maximum atomic E-state index is 13.3. The van der Waals surface area contributed by atoms with Crippen molar-refractivity contribution in [2.45, 2.75) is 6.04 Å². The van der Waals surface area contributed by atoms with Crippen LogP contribution in [-0.2, 0) is 14.3 Å². The van der Waals surface area contributed by atoms with Crippen LogP contribution in [0.25, 0.3) is 5.76 Å². The lowest BCUT2D eigenvalue weighted by molar-refractivity contribution is -0.140. The van der Waals surface area contributed by atoms with E-state index in [4.69, 9.17) is 14.2 Å². The smallest absolute Gasteiger partial charge is 0.295 e. The molecule has 8 heteroatoms. The van der Waals surface area contributed by atoms with Gasteiger partial charge in [-0.2, -0.15) is 0 Å². The van der Waals surface area contributed by atoms with Gasteiger partial charge in [0, 0.05) is 37.3 Å². The second-order valence-electron chi connectivity index (χ2n) is 8.31. The van der Waals surface area contributed by atoms with Gasteiger partial charge < -0.3 is 24.2 Å². The highest BCUT2D eigenvalue weighted by atomic mass is 16.5. The van der Waals surface area contributed by atoms with E-state index in [1.165, 1.54) is 4.90 Å². The normalized spacial score (nSPS) is 20.1. The van der Waals surface area contributed by atoms with Crippen LogP contribution in [-0.4, -0.2) is 79.7 Å². The van der Waals surface area contributed by atoms with Crippen LogP contribution in [0.5, 0.6) is 11.5 Å². The molecular weight excluding hydrogens is 448 g/mol. The molecule has 2 aliphatic heterocycles. The van der Waals surface area contributed by atoms with Gasteiger partial charge in [0.25, 0.3) is 11.7 Å². The molecule has 2 fully saturated rings. The van der Waals surface area contributed by atoms with E-state index in [0.717, 1.165) is 13.1 Å². The average Bonchev–Trinajstić information content (AvgIpc) is 3.16. The lowest BCUT2D eigenvalue weighted by atomic mass is 9.94. The van der Waals surface area contributed by atoms with E-state index in [1.54, 1.807) is 43.5 Å². The summed E-state index contributed by atoms with van der Waals surface area (Å²) in [5.41, 5.74) is 1.10. The van der Waals surface area contributed by atoms with Crippen molar-refractivity contribution in [1.82, 2.24) is 9.80 Å². The molecule has 2 heterocycles. The SMILES string of the molecule is C=CCOc1ccc(C(O)=C2C(=O)C(=O)N(CCN3CCOCC3)[C@H]2c2ccccc2OC)cc1. The lowest BCUT2D eigenvalue weighted by Crippen LogP contribution is -2.42. The minimum absolute atomic E-state index is 0.0428. The number of likely N-dealkylation sites (tertiary alicyclic amines) is 1.